The predicted molar refractivity (Wildman–Crippen MR) is 76.8 cm³/mol. The van der Waals surface area contributed by atoms with Crippen LogP contribution in [0.5, 0.6) is 0 Å². The maximum atomic E-state index is 4.34. The molecule has 0 aliphatic heterocycles. The first-order chi connectivity index (χ1) is 8.72. The van der Waals surface area contributed by atoms with Gasteiger partial charge in [0, 0.05) is 12.4 Å². The van der Waals surface area contributed by atoms with Crippen LogP contribution in [0, 0.1) is 18.8 Å². The maximum absolute atomic E-state index is 4.34. The minimum absolute atomic E-state index is 0.696. The number of hydrogen-bond acceptors (Lipinski definition) is 2. The Morgan fingerprint density at radius 2 is 2.22 bits per heavy atom. The molecule has 1 aromatic heterocycles. The molecular formula is C16H26N2. The summed E-state index contributed by atoms with van der Waals surface area (Å²) in [6, 6.07) is 2.15. The van der Waals surface area contributed by atoms with E-state index in [1.807, 2.05) is 6.20 Å². The molecule has 2 rings (SSSR count). The molecule has 1 aliphatic rings. The molecule has 1 saturated carbocycles. The van der Waals surface area contributed by atoms with Gasteiger partial charge in [-0.2, -0.15) is 0 Å². The first kappa shape index (κ1) is 13.5. The van der Waals surface area contributed by atoms with Crippen LogP contribution in [-0.2, 0) is 0 Å². The molecule has 1 aliphatic carbocycles. The molecule has 0 radical (unpaired) electrons. The standard InChI is InChI=1S/C16H26N2/c1-4-17-10-14-6-5-12(2)9-15(14)16-11-18-8-7-13(16)3/h7-8,11-12,14-15,17H,4-6,9-10H2,1-3H3. The van der Waals surface area contributed by atoms with Gasteiger partial charge < -0.3 is 5.32 Å². The molecule has 2 nitrogen and oxygen atoms in total. The van der Waals surface area contributed by atoms with E-state index in [4.69, 9.17) is 0 Å². The van der Waals surface area contributed by atoms with Gasteiger partial charge in [-0.3, -0.25) is 4.98 Å². The molecule has 0 aromatic carbocycles. The Morgan fingerprint density at radius 3 is 2.94 bits per heavy atom. The largest absolute Gasteiger partial charge is 0.317 e. The first-order valence-corrected chi connectivity index (χ1v) is 7.33. The Bertz CT molecular complexity index is 373. The molecule has 1 fully saturated rings. The lowest BCUT2D eigenvalue weighted by Gasteiger charge is -2.36. The summed E-state index contributed by atoms with van der Waals surface area (Å²) in [5, 5.41) is 3.53. The van der Waals surface area contributed by atoms with Crippen LogP contribution in [0.4, 0.5) is 0 Å². The molecule has 1 aromatic rings. The highest BCUT2D eigenvalue weighted by Crippen LogP contribution is 2.40. The second kappa shape index (κ2) is 6.33. The highest BCUT2D eigenvalue weighted by molar-refractivity contribution is 5.27. The van der Waals surface area contributed by atoms with Crippen LogP contribution in [-0.4, -0.2) is 18.1 Å². The lowest BCUT2D eigenvalue weighted by atomic mass is 9.71. The molecule has 3 unspecified atom stereocenters. The van der Waals surface area contributed by atoms with Crippen molar-refractivity contribution in [3.8, 4) is 0 Å². The van der Waals surface area contributed by atoms with E-state index in [9.17, 15) is 0 Å². The first-order valence-electron chi connectivity index (χ1n) is 7.33. The van der Waals surface area contributed by atoms with Crippen LogP contribution < -0.4 is 5.32 Å². The van der Waals surface area contributed by atoms with E-state index in [-0.39, 0.29) is 0 Å². The van der Waals surface area contributed by atoms with Crippen LogP contribution in [0.25, 0.3) is 0 Å². The van der Waals surface area contributed by atoms with Crippen LogP contribution in [0.3, 0.4) is 0 Å². The van der Waals surface area contributed by atoms with Crippen molar-refractivity contribution in [2.75, 3.05) is 13.1 Å². The summed E-state index contributed by atoms with van der Waals surface area (Å²) in [4.78, 5) is 4.34. The molecule has 0 spiro atoms. The van der Waals surface area contributed by atoms with Gasteiger partial charge in [-0.15, -0.1) is 0 Å². The van der Waals surface area contributed by atoms with Crippen LogP contribution in [0.15, 0.2) is 18.5 Å². The topological polar surface area (TPSA) is 24.9 Å². The number of hydrogen-bond donors (Lipinski definition) is 1. The third kappa shape index (κ3) is 3.11. The van der Waals surface area contributed by atoms with E-state index in [0.29, 0.717) is 5.92 Å². The van der Waals surface area contributed by atoms with Crippen molar-refractivity contribution in [3.63, 3.8) is 0 Å². The number of nitrogens with one attached hydrogen (secondary N) is 1. The van der Waals surface area contributed by atoms with Crippen molar-refractivity contribution >= 4 is 0 Å². The SMILES string of the molecule is CCNCC1CCC(C)CC1c1cnccc1C. The summed E-state index contributed by atoms with van der Waals surface area (Å²) in [7, 11) is 0. The summed E-state index contributed by atoms with van der Waals surface area (Å²) < 4.78 is 0. The Balaban J connectivity index is 2.17. The van der Waals surface area contributed by atoms with Gasteiger partial charge in [0.2, 0.25) is 0 Å². The molecule has 2 heteroatoms. The Labute approximate surface area is 111 Å². The van der Waals surface area contributed by atoms with Gasteiger partial charge >= 0.3 is 0 Å². The molecule has 100 valence electrons. The number of rotatable bonds is 4. The molecule has 0 saturated heterocycles. The quantitative estimate of drug-likeness (QED) is 0.879. The maximum Gasteiger partial charge on any atom is 0.0305 e. The fraction of sp³-hybridized carbons (Fsp3) is 0.688. The highest BCUT2D eigenvalue weighted by atomic mass is 14.8. The van der Waals surface area contributed by atoms with Crippen LogP contribution >= 0.6 is 0 Å². The zero-order chi connectivity index (χ0) is 13.0. The lowest BCUT2D eigenvalue weighted by molar-refractivity contribution is 0.242. The summed E-state index contributed by atoms with van der Waals surface area (Å²) >= 11 is 0. The lowest BCUT2D eigenvalue weighted by Crippen LogP contribution is -2.31. The van der Waals surface area contributed by atoms with Crippen molar-refractivity contribution in [2.45, 2.75) is 46.0 Å². The van der Waals surface area contributed by atoms with Crippen molar-refractivity contribution < 1.29 is 0 Å². The van der Waals surface area contributed by atoms with Gasteiger partial charge in [0.1, 0.15) is 0 Å². The number of nitrogens with zero attached hydrogens (tertiary/aromatic N) is 1. The van der Waals surface area contributed by atoms with Crippen LogP contribution in [0.1, 0.15) is 50.2 Å². The van der Waals surface area contributed by atoms with Gasteiger partial charge in [-0.25, -0.2) is 0 Å². The van der Waals surface area contributed by atoms with Crippen LogP contribution in [0.2, 0.25) is 0 Å². The summed E-state index contributed by atoms with van der Waals surface area (Å²) in [5.41, 5.74) is 2.89. The third-order valence-electron chi connectivity index (χ3n) is 4.39. The normalized spacial score (nSPS) is 28.3. The van der Waals surface area contributed by atoms with Crippen molar-refractivity contribution in [3.05, 3.63) is 29.6 Å². The number of aromatic nitrogens is 1. The van der Waals surface area contributed by atoms with Gasteiger partial charge in [0.05, 0.1) is 0 Å². The van der Waals surface area contributed by atoms with Crippen molar-refractivity contribution in [1.29, 1.82) is 0 Å². The second-order valence-corrected chi connectivity index (χ2v) is 5.82. The molecule has 1 N–H and O–H groups in total. The Kier molecular flexibility index (Phi) is 4.76. The predicted octanol–water partition coefficient (Wildman–Crippen LogP) is 3.52. The van der Waals surface area contributed by atoms with Crippen molar-refractivity contribution in [1.82, 2.24) is 10.3 Å². The van der Waals surface area contributed by atoms with Gasteiger partial charge in [0.15, 0.2) is 0 Å². The van der Waals surface area contributed by atoms with Gasteiger partial charge in [-0.1, -0.05) is 20.3 Å². The zero-order valence-electron chi connectivity index (χ0n) is 11.9. The Hall–Kier alpha value is -0.890. The van der Waals surface area contributed by atoms with E-state index >= 15 is 0 Å². The second-order valence-electron chi connectivity index (χ2n) is 5.82. The minimum Gasteiger partial charge on any atom is -0.317 e. The van der Waals surface area contributed by atoms with E-state index in [2.05, 4.69) is 43.3 Å². The van der Waals surface area contributed by atoms with E-state index in [1.165, 1.54) is 30.4 Å². The molecule has 0 bridgehead atoms. The third-order valence-corrected chi connectivity index (χ3v) is 4.39. The highest BCUT2D eigenvalue weighted by Gasteiger charge is 2.30. The van der Waals surface area contributed by atoms with E-state index < -0.39 is 0 Å². The fourth-order valence-electron chi connectivity index (χ4n) is 3.26. The fourth-order valence-corrected chi connectivity index (χ4v) is 3.26. The molecule has 3 atom stereocenters. The number of pyridine rings is 1. The van der Waals surface area contributed by atoms with Crippen molar-refractivity contribution in [2.24, 2.45) is 11.8 Å². The summed E-state index contributed by atoms with van der Waals surface area (Å²) in [5.74, 6) is 2.33. The van der Waals surface area contributed by atoms with E-state index in [1.54, 1.807) is 0 Å². The monoisotopic (exact) mass is 246 g/mol. The zero-order valence-corrected chi connectivity index (χ0v) is 11.9. The molecule has 1 heterocycles. The Morgan fingerprint density at radius 1 is 1.39 bits per heavy atom. The average molecular weight is 246 g/mol. The van der Waals surface area contributed by atoms with Gasteiger partial charge in [0.25, 0.3) is 0 Å². The average Bonchev–Trinajstić information content (AvgIpc) is 2.38. The summed E-state index contributed by atoms with van der Waals surface area (Å²) in [6.07, 6.45) is 8.06. The molecule has 0 amide bonds. The summed E-state index contributed by atoms with van der Waals surface area (Å²) in [6.45, 7) is 9.03. The van der Waals surface area contributed by atoms with Gasteiger partial charge in [-0.05, 0) is 67.8 Å². The molecule has 18 heavy (non-hydrogen) atoms. The molecular weight excluding hydrogens is 220 g/mol. The van der Waals surface area contributed by atoms with E-state index in [0.717, 1.165) is 24.9 Å². The smallest absolute Gasteiger partial charge is 0.0305 e. The number of aryl methyl sites for hydroxylation is 1. The minimum atomic E-state index is 0.696.